The maximum atomic E-state index is 10.8. The van der Waals surface area contributed by atoms with Crippen molar-refractivity contribution in [2.24, 2.45) is 5.92 Å². The van der Waals surface area contributed by atoms with Gasteiger partial charge in [0.1, 0.15) is 5.69 Å². The minimum absolute atomic E-state index is 0.00204. The monoisotopic (exact) mass is 376 g/mol. The fraction of sp³-hybridized carbons (Fsp3) is 0.409. The van der Waals surface area contributed by atoms with Crippen molar-refractivity contribution in [3.05, 3.63) is 53.2 Å². The van der Waals surface area contributed by atoms with Gasteiger partial charge in [-0.1, -0.05) is 18.1 Å². The molecule has 28 heavy (non-hydrogen) atoms. The maximum absolute atomic E-state index is 10.8. The number of anilines is 1. The van der Waals surface area contributed by atoms with E-state index >= 15 is 0 Å². The number of hydrogen-bond acceptors (Lipinski definition) is 5. The lowest BCUT2D eigenvalue weighted by Gasteiger charge is -2.35. The Bertz CT molecular complexity index is 889. The SMILES string of the molecule is O=C(O)Cc1cccc(C#Cc2ccc(N3CCN(CC4CC4)CC3)nn2)c1. The fourth-order valence-corrected chi connectivity index (χ4v) is 3.46. The molecule has 1 aliphatic carbocycles. The van der Waals surface area contributed by atoms with Gasteiger partial charge in [-0.05, 0) is 54.5 Å². The molecule has 0 spiro atoms. The maximum Gasteiger partial charge on any atom is 0.307 e. The van der Waals surface area contributed by atoms with Gasteiger partial charge in [-0.15, -0.1) is 10.2 Å². The van der Waals surface area contributed by atoms with Gasteiger partial charge in [0.25, 0.3) is 0 Å². The number of nitrogens with zero attached hydrogens (tertiary/aromatic N) is 4. The molecule has 1 aromatic carbocycles. The highest BCUT2D eigenvalue weighted by Gasteiger charge is 2.26. The minimum atomic E-state index is -0.847. The molecule has 1 N–H and O–H groups in total. The van der Waals surface area contributed by atoms with Crippen LogP contribution in [0.2, 0.25) is 0 Å². The van der Waals surface area contributed by atoms with E-state index in [-0.39, 0.29) is 6.42 Å². The van der Waals surface area contributed by atoms with Crippen molar-refractivity contribution in [3.63, 3.8) is 0 Å². The molecule has 144 valence electrons. The Morgan fingerprint density at radius 2 is 1.89 bits per heavy atom. The van der Waals surface area contributed by atoms with Gasteiger partial charge in [0.05, 0.1) is 6.42 Å². The first-order valence-electron chi connectivity index (χ1n) is 9.79. The average molecular weight is 376 g/mol. The molecule has 4 rings (SSSR count). The lowest BCUT2D eigenvalue weighted by atomic mass is 10.1. The van der Waals surface area contributed by atoms with Crippen LogP contribution in [0.1, 0.15) is 29.7 Å². The van der Waals surface area contributed by atoms with Crippen LogP contribution in [0.5, 0.6) is 0 Å². The number of carboxylic acid groups (broad SMARTS) is 1. The summed E-state index contributed by atoms with van der Waals surface area (Å²) in [6.07, 6.45) is 2.80. The van der Waals surface area contributed by atoms with E-state index in [1.165, 1.54) is 19.4 Å². The first-order chi connectivity index (χ1) is 13.7. The molecule has 2 aliphatic rings. The molecule has 0 unspecified atom stereocenters. The summed E-state index contributed by atoms with van der Waals surface area (Å²) in [5, 5.41) is 17.5. The molecule has 1 saturated carbocycles. The van der Waals surface area contributed by atoms with Crippen LogP contribution in [0.25, 0.3) is 0 Å². The average Bonchev–Trinajstić information content (AvgIpc) is 3.51. The molecule has 1 aliphatic heterocycles. The quantitative estimate of drug-likeness (QED) is 0.806. The molecule has 2 fully saturated rings. The van der Waals surface area contributed by atoms with Crippen LogP contribution in [0, 0.1) is 17.8 Å². The Kier molecular flexibility index (Phi) is 5.54. The van der Waals surface area contributed by atoms with Gasteiger partial charge in [0.2, 0.25) is 0 Å². The zero-order valence-electron chi connectivity index (χ0n) is 15.8. The molecule has 0 atom stereocenters. The van der Waals surface area contributed by atoms with Crippen molar-refractivity contribution in [2.45, 2.75) is 19.3 Å². The van der Waals surface area contributed by atoms with Gasteiger partial charge < -0.3 is 10.0 Å². The van der Waals surface area contributed by atoms with Crippen molar-refractivity contribution in [3.8, 4) is 11.8 Å². The largest absolute Gasteiger partial charge is 0.481 e. The van der Waals surface area contributed by atoms with Crippen LogP contribution in [-0.4, -0.2) is 58.9 Å². The molecule has 2 heterocycles. The van der Waals surface area contributed by atoms with Gasteiger partial charge in [-0.3, -0.25) is 9.69 Å². The highest BCUT2D eigenvalue weighted by molar-refractivity contribution is 5.70. The summed E-state index contributed by atoms with van der Waals surface area (Å²) in [7, 11) is 0. The normalized spacial score (nSPS) is 17.1. The summed E-state index contributed by atoms with van der Waals surface area (Å²) < 4.78 is 0. The Hall–Kier alpha value is -2.91. The topological polar surface area (TPSA) is 69.6 Å². The van der Waals surface area contributed by atoms with E-state index in [4.69, 9.17) is 5.11 Å². The van der Waals surface area contributed by atoms with Crippen LogP contribution in [0.3, 0.4) is 0 Å². The van der Waals surface area contributed by atoms with Crippen molar-refractivity contribution >= 4 is 11.8 Å². The summed E-state index contributed by atoms with van der Waals surface area (Å²) in [4.78, 5) is 15.7. The third kappa shape index (κ3) is 5.08. The predicted molar refractivity (Wildman–Crippen MR) is 107 cm³/mol. The van der Waals surface area contributed by atoms with Crippen LogP contribution < -0.4 is 4.90 Å². The summed E-state index contributed by atoms with van der Waals surface area (Å²) in [6, 6.07) is 11.1. The Morgan fingerprint density at radius 1 is 1.07 bits per heavy atom. The third-order valence-electron chi connectivity index (χ3n) is 5.18. The molecular formula is C22H24N4O2. The van der Waals surface area contributed by atoms with Crippen LogP contribution in [-0.2, 0) is 11.2 Å². The van der Waals surface area contributed by atoms with Gasteiger partial charge in [-0.2, -0.15) is 0 Å². The molecule has 0 amide bonds. The van der Waals surface area contributed by atoms with Gasteiger partial charge >= 0.3 is 5.97 Å². The highest BCUT2D eigenvalue weighted by atomic mass is 16.4. The van der Waals surface area contributed by atoms with Crippen molar-refractivity contribution in [1.29, 1.82) is 0 Å². The Labute approximate surface area is 165 Å². The van der Waals surface area contributed by atoms with Crippen molar-refractivity contribution in [2.75, 3.05) is 37.6 Å². The van der Waals surface area contributed by atoms with Crippen molar-refractivity contribution in [1.82, 2.24) is 15.1 Å². The zero-order valence-corrected chi connectivity index (χ0v) is 15.8. The molecule has 1 saturated heterocycles. The summed E-state index contributed by atoms with van der Waals surface area (Å²) in [5.41, 5.74) is 2.12. The van der Waals surface area contributed by atoms with Crippen LogP contribution in [0.4, 0.5) is 5.82 Å². The molecular weight excluding hydrogens is 352 g/mol. The number of rotatable bonds is 5. The number of benzene rings is 1. The number of hydrogen-bond donors (Lipinski definition) is 1. The molecule has 6 heteroatoms. The summed E-state index contributed by atoms with van der Waals surface area (Å²) >= 11 is 0. The lowest BCUT2D eigenvalue weighted by Crippen LogP contribution is -2.47. The van der Waals surface area contributed by atoms with E-state index in [9.17, 15) is 4.79 Å². The zero-order chi connectivity index (χ0) is 19.3. The third-order valence-corrected chi connectivity index (χ3v) is 5.18. The second-order valence-electron chi connectivity index (χ2n) is 7.53. The van der Waals surface area contributed by atoms with Gasteiger partial charge in [-0.25, -0.2) is 0 Å². The molecule has 1 aromatic heterocycles. The molecule has 0 radical (unpaired) electrons. The van der Waals surface area contributed by atoms with E-state index in [1.807, 2.05) is 24.3 Å². The second kappa shape index (κ2) is 8.41. The number of carboxylic acids is 1. The fourth-order valence-electron chi connectivity index (χ4n) is 3.46. The summed E-state index contributed by atoms with van der Waals surface area (Å²) in [6.45, 7) is 5.41. The van der Waals surface area contributed by atoms with Gasteiger partial charge in [0, 0.05) is 38.3 Å². The summed E-state index contributed by atoms with van der Waals surface area (Å²) in [5.74, 6) is 7.04. The predicted octanol–water partition coefficient (Wildman–Crippen LogP) is 2.04. The first kappa shape index (κ1) is 18.5. The lowest BCUT2D eigenvalue weighted by molar-refractivity contribution is -0.136. The minimum Gasteiger partial charge on any atom is -0.481 e. The van der Waals surface area contributed by atoms with Crippen LogP contribution in [0.15, 0.2) is 36.4 Å². The Morgan fingerprint density at radius 3 is 2.57 bits per heavy atom. The smallest absolute Gasteiger partial charge is 0.307 e. The van der Waals surface area contributed by atoms with Gasteiger partial charge in [0.15, 0.2) is 5.82 Å². The number of piperazine rings is 1. The highest BCUT2D eigenvalue weighted by Crippen LogP contribution is 2.30. The van der Waals surface area contributed by atoms with E-state index in [1.54, 1.807) is 12.1 Å². The number of aromatic nitrogens is 2. The Balaban J connectivity index is 1.35. The van der Waals surface area contributed by atoms with E-state index in [0.29, 0.717) is 5.69 Å². The second-order valence-corrected chi connectivity index (χ2v) is 7.53. The molecule has 0 bridgehead atoms. The molecule has 6 nitrogen and oxygen atoms in total. The van der Waals surface area contributed by atoms with E-state index in [0.717, 1.165) is 49.0 Å². The van der Waals surface area contributed by atoms with Crippen molar-refractivity contribution < 1.29 is 9.90 Å². The number of carbonyl (C=O) groups is 1. The van der Waals surface area contributed by atoms with E-state index < -0.39 is 5.97 Å². The van der Waals surface area contributed by atoms with Crippen LogP contribution >= 0.6 is 0 Å². The number of aliphatic carboxylic acids is 1. The van der Waals surface area contributed by atoms with E-state index in [2.05, 4.69) is 31.8 Å². The first-order valence-corrected chi connectivity index (χ1v) is 9.79. The standard InChI is InChI=1S/C22H24N4O2/c27-22(28)15-19-3-1-2-17(14-19)6-7-20-8-9-21(24-23-20)26-12-10-25(11-13-26)16-18-4-5-18/h1-3,8-9,14,18H,4-5,10-13,15-16H2,(H,27,28). The molecule has 2 aromatic rings.